The third-order valence-corrected chi connectivity index (χ3v) is 1.36. The van der Waals surface area contributed by atoms with Crippen LogP contribution in [0.2, 0.25) is 0 Å². The quantitative estimate of drug-likeness (QED) is 0.572. The van der Waals surface area contributed by atoms with Gasteiger partial charge < -0.3 is 9.47 Å². The standard InChI is InChI=1S/C9H12O2/c1-4-5-9-8(3)10-6-7(2)11-9/h4-5,7H,1,3,6H2,2H3/b9-5+. The van der Waals surface area contributed by atoms with Gasteiger partial charge in [0.2, 0.25) is 0 Å². The molecule has 0 aromatic carbocycles. The summed E-state index contributed by atoms with van der Waals surface area (Å²) in [6.07, 6.45) is 3.51. The lowest BCUT2D eigenvalue weighted by atomic mass is 10.3. The number of hydrogen-bond acceptors (Lipinski definition) is 2. The van der Waals surface area contributed by atoms with E-state index in [1.165, 1.54) is 0 Å². The van der Waals surface area contributed by atoms with Crippen LogP contribution >= 0.6 is 0 Å². The molecule has 0 aliphatic carbocycles. The average molecular weight is 152 g/mol. The van der Waals surface area contributed by atoms with Gasteiger partial charge in [-0.05, 0) is 13.0 Å². The van der Waals surface area contributed by atoms with Crippen molar-refractivity contribution in [2.45, 2.75) is 13.0 Å². The minimum Gasteiger partial charge on any atom is -0.486 e. The molecule has 1 fully saturated rings. The zero-order valence-electron chi connectivity index (χ0n) is 6.67. The highest BCUT2D eigenvalue weighted by atomic mass is 16.6. The summed E-state index contributed by atoms with van der Waals surface area (Å²) in [5.74, 6) is 1.27. The Bertz CT molecular complexity index is 204. The van der Waals surface area contributed by atoms with Gasteiger partial charge in [0.05, 0.1) is 0 Å². The molecule has 0 radical (unpaired) electrons. The molecule has 2 nitrogen and oxygen atoms in total. The third-order valence-electron chi connectivity index (χ3n) is 1.36. The van der Waals surface area contributed by atoms with Crippen LogP contribution < -0.4 is 0 Å². The van der Waals surface area contributed by atoms with Crippen molar-refractivity contribution in [2.24, 2.45) is 0 Å². The Balaban J connectivity index is 2.68. The molecule has 0 N–H and O–H groups in total. The lowest BCUT2D eigenvalue weighted by Gasteiger charge is -2.25. The van der Waals surface area contributed by atoms with Gasteiger partial charge in [-0.3, -0.25) is 0 Å². The van der Waals surface area contributed by atoms with Crippen molar-refractivity contribution in [3.8, 4) is 0 Å². The molecule has 1 aliphatic rings. The molecule has 1 heterocycles. The molecule has 0 bridgehead atoms. The molecule has 0 aromatic rings. The van der Waals surface area contributed by atoms with Gasteiger partial charge in [0.1, 0.15) is 12.7 Å². The van der Waals surface area contributed by atoms with Crippen LogP contribution in [0.3, 0.4) is 0 Å². The maximum atomic E-state index is 5.40. The fraction of sp³-hybridized carbons (Fsp3) is 0.333. The molecule has 0 aromatic heterocycles. The molecule has 60 valence electrons. The SMILES string of the molecule is C=C/C=C1/OC(C)COC1=C. The Morgan fingerprint density at radius 1 is 1.64 bits per heavy atom. The first kappa shape index (κ1) is 7.92. The van der Waals surface area contributed by atoms with E-state index in [1.54, 1.807) is 12.2 Å². The Kier molecular flexibility index (Phi) is 2.36. The Hall–Kier alpha value is -1.18. The number of allylic oxidation sites excluding steroid dienone is 2. The van der Waals surface area contributed by atoms with Gasteiger partial charge in [0, 0.05) is 0 Å². The summed E-state index contributed by atoms with van der Waals surface area (Å²) in [7, 11) is 0. The molecular formula is C9H12O2. The average Bonchev–Trinajstić information content (AvgIpc) is 1.98. The molecule has 1 atom stereocenters. The number of ether oxygens (including phenoxy) is 2. The summed E-state index contributed by atoms with van der Waals surface area (Å²) in [4.78, 5) is 0. The number of rotatable bonds is 1. The van der Waals surface area contributed by atoms with Crippen LogP contribution in [-0.2, 0) is 9.47 Å². The van der Waals surface area contributed by atoms with E-state index < -0.39 is 0 Å². The van der Waals surface area contributed by atoms with E-state index in [2.05, 4.69) is 13.2 Å². The van der Waals surface area contributed by atoms with Gasteiger partial charge >= 0.3 is 0 Å². The van der Waals surface area contributed by atoms with E-state index in [0.29, 0.717) is 18.1 Å². The molecule has 1 aliphatic heterocycles. The van der Waals surface area contributed by atoms with Crippen LogP contribution in [0.1, 0.15) is 6.92 Å². The second-order valence-electron chi connectivity index (χ2n) is 2.43. The fourth-order valence-corrected chi connectivity index (χ4v) is 0.845. The number of hydrogen-bond donors (Lipinski definition) is 0. The lowest BCUT2D eigenvalue weighted by Crippen LogP contribution is -2.22. The minimum atomic E-state index is 0.103. The highest BCUT2D eigenvalue weighted by Crippen LogP contribution is 2.19. The van der Waals surface area contributed by atoms with E-state index in [-0.39, 0.29) is 6.10 Å². The molecular weight excluding hydrogens is 140 g/mol. The predicted molar refractivity (Wildman–Crippen MR) is 43.9 cm³/mol. The normalized spacial score (nSPS) is 27.5. The van der Waals surface area contributed by atoms with Crippen LogP contribution in [0.5, 0.6) is 0 Å². The first-order chi connectivity index (χ1) is 5.24. The Morgan fingerprint density at radius 3 is 3.00 bits per heavy atom. The van der Waals surface area contributed by atoms with Crippen LogP contribution in [0, 0.1) is 0 Å². The van der Waals surface area contributed by atoms with Crippen LogP contribution in [-0.4, -0.2) is 12.7 Å². The molecule has 1 saturated heterocycles. The van der Waals surface area contributed by atoms with Crippen molar-refractivity contribution in [3.05, 3.63) is 36.8 Å². The molecule has 1 unspecified atom stereocenters. The van der Waals surface area contributed by atoms with Crippen molar-refractivity contribution in [3.63, 3.8) is 0 Å². The zero-order valence-corrected chi connectivity index (χ0v) is 6.67. The van der Waals surface area contributed by atoms with Crippen LogP contribution in [0.4, 0.5) is 0 Å². The van der Waals surface area contributed by atoms with Crippen molar-refractivity contribution >= 4 is 0 Å². The first-order valence-corrected chi connectivity index (χ1v) is 3.55. The highest BCUT2D eigenvalue weighted by molar-refractivity contribution is 5.22. The van der Waals surface area contributed by atoms with Gasteiger partial charge in [0.25, 0.3) is 0 Å². The van der Waals surface area contributed by atoms with E-state index in [4.69, 9.17) is 9.47 Å². The largest absolute Gasteiger partial charge is 0.486 e. The summed E-state index contributed by atoms with van der Waals surface area (Å²) in [5.41, 5.74) is 0. The van der Waals surface area contributed by atoms with Gasteiger partial charge in [-0.1, -0.05) is 19.2 Å². The summed E-state index contributed by atoms with van der Waals surface area (Å²) < 4.78 is 10.6. The second-order valence-corrected chi connectivity index (χ2v) is 2.43. The Labute approximate surface area is 66.8 Å². The smallest absolute Gasteiger partial charge is 0.161 e. The molecule has 0 saturated carbocycles. The van der Waals surface area contributed by atoms with Gasteiger partial charge in [0.15, 0.2) is 11.5 Å². The van der Waals surface area contributed by atoms with Crippen molar-refractivity contribution in [2.75, 3.05) is 6.61 Å². The van der Waals surface area contributed by atoms with Crippen LogP contribution in [0.25, 0.3) is 0 Å². The van der Waals surface area contributed by atoms with Gasteiger partial charge in [-0.15, -0.1) is 0 Å². The van der Waals surface area contributed by atoms with Crippen molar-refractivity contribution in [1.29, 1.82) is 0 Å². The topological polar surface area (TPSA) is 18.5 Å². The maximum absolute atomic E-state index is 5.40. The molecule has 1 rings (SSSR count). The summed E-state index contributed by atoms with van der Waals surface area (Å²) in [6.45, 7) is 9.77. The van der Waals surface area contributed by atoms with E-state index in [0.717, 1.165) is 0 Å². The van der Waals surface area contributed by atoms with Crippen molar-refractivity contribution < 1.29 is 9.47 Å². The second kappa shape index (κ2) is 3.28. The molecule has 0 amide bonds. The maximum Gasteiger partial charge on any atom is 0.161 e. The van der Waals surface area contributed by atoms with E-state index >= 15 is 0 Å². The van der Waals surface area contributed by atoms with E-state index in [9.17, 15) is 0 Å². The minimum absolute atomic E-state index is 0.103. The third kappa shape index (κ3) is 1.87. The fourth-order valence-electron chi connectivity index (χ4n) is 0.845. The van der Waals surface area contributed by atoms with Crippen molar-refractivity contribution in [1.82, 2.24) is 0 Å². The zero-order chi connectivity index (χ0) is 8.27. The van der Waals surface area contributed by atoms with Crippen LogP contribution in [0.15, 0.2) is 36.8 Å². The monoisotopic (exact) mass is 152 g/mol. The molecule has 11 heavy (non-hydrogen) atoms. The Morgan fingerprint density at radius 2 is 2.36 bits per heavy atom. The van der Waals surface area contributed by atoms with E-state index in [1.807, 2.05) is 6.92 Å². The molecule has 0 spiro atoms. The summed E-state index contributed by atoms with van der Waals surface area (Å²) in [6, 6.07) is 0. The molecule has 2 heteroatoms. The van der Waals surface area contributed by atoms with Gasteiger partial charge in [-0.25, -0.2) is 0 Å². The lowest BCUT2D eigenvalue weighted by molar-refractivity contribution is 0.00418. The first-order valence-electron chi connectivity index (χ1n) is 3.55. The van der Waals surface area contributed by atoms with Gasteiger partial charge in [-0.2, -0.15) is 0 Å². The summed E-state index contributed by atoms with van der Waals surface area (Å²) in [5, 5.41) is 0. The summed E-state index contributed by atoms with van der Waals surface area (Å²) >= 11 is 0. The predicted octanol–water partition coefficient (Wildman–Crippen LogP) is 2.01. The highest BCUT2D eigenvalue weighted by Gasteiger charge is 2.16.